The van der Waals surface area contributed by atoms with Gasteiger partial charge in [0.15, 0.2) is 12.4 Å². The van der Waals surface area contributed by atoms with Gasteiger partial charge in [0, 0.05) is 18.7 Å². The van der Waals surface area contributed by atoms with E-state index in [0.717, 1.165) is 6.26 Å². The fourth-order valence-electron chi connectivity index (χ4n) is 3.36. The highest BCUT2D eigenvalue weighted by Gasteiger charge is 2.43. The fourth-order valence-corrected chi connectivity index (χ4v) is 4.01. The molecule has 0 N–H and O–H groups in total. The molecule has 1 aliphatic heterocycles. The Hall–Kier alpha value is -3.86. The molecule has 34 heavy (non-hydrogen) atoms. The normalized spacial score (nSPS) is 13.9. The number of benzene rings is 2. The minimum Gasteiger partial charge on any atom is -0.456 e. The molecular weight excluding hydrogens is 466 g/mol. The number of Topliss-reactive ketones (excluding diaryl/α,β-unsaturated/α-hetero) is 1. The average Bonchev–Trinajstić information content (AvgIpc) is 3.02. The molecule has 3 rings (SSSR count). The lowest BCUT2D eigenvalue weighted by atomic mass is 10.1. The fraction of sp³-hybridized carbons (Fsp3) is 0.261. The lowest BCUT2D eigenvalue weighted by Gasteiger charge is -2.24. The van der Waals surface area contributed by atoms with Crippen molar-refractivity contribution in [1.82, 2.24) is 4.90 Å². The number of rotatable bonds is 9. The van der Waals surface area contributed by atoms with Gasteiger partial charge in [0.25, 0.3) is 11.8 Å². The number of hydrogen-bond donors (Lipinski definition) is 0. The van der Waals surface area contributed by atoms with Crippen LogP contribution in [0.15, 0.2) is 48.5 Å². The van der Waals surface area contributed by atoms with E-state index < -0.39 is 57.8 Å². The van der Waals surface area contributed by atoms with E-state index >= 15 is 0 Å². The van der Waals surface area contributed by atoms with Gasteiger partial charge in [0.2, 0.25) is 0 Å². The van der Waals surface area contributed by atoms with Gasteiger partial charge >= 0.3 is 11.9 Å². The zero-order chi connectivity index (χ0) is 25.0. The molecule has 0 saturated heterocycles. The van der Waals surface area contributed by atoms with Crippen molar-refractivity contribution in [2.45, 2.75) is 19.4 Å². The smallest absolute Gasteiger partial charge is 0.329 e. The predicted octanol–water partition coefficient (Wildman–Crippen LogP) is 1.44. The van der Waals surface area contributed by atoms with Crippen LogP contribution in [0.1, 0.15) is 44.4 Å². The van der Waals surface area contributed by atoms with E-state index in [9.17, 15) is 32.4 Å². The van der Waals surface area contributed by atoms with Gasteiger partial charge < -0.3 is 9.47 Å². The third kappa shape index (κ3) is 5.73. The number of carbonyl (C=O) groups is 5. The number of ether oxygens (including phenoxy) is 2. The van der Waals surface area contributed by atoms with Crippen molar-refractivity contribution in [2.24, 2.45) is 0 Å². The van der Waals surface area contributed by atoms with Gasteiger partial charge in [-0.15, -0.1) is 0 Å². The first-order valence-corrected chi connectivity index (χ1v) is 12.2. The Bertz CT molecular complexity index is 1230. The predicted molar refractivity (Wildman–Crippen MR) is 118 cm³/mol. The summed E-state index contributed by atoms with van der Waals surface area (Å²) in [5.74, 6) is -3.94. The molecule has 11 heteroatoms. The molecule has 0 fully saturated rings. The molecule has 0 aromatic heterocycles. The van der Waals surface area contributed by atoms with E-state index in [0.29, 0.717) is 4.90 Å². The standard InChI is InChI=1S/C23H21NO9S/c1-14(25)33-16-9-7-15(8-10-16)20(26)13-32-23(29)19(11-12-34(2,30)31)24-21(27)17-5-3-4-6-18(17)22(24)28/h3-10,19H,11-13H2,1-2H3/t19-/m1/s1. The molecule has 1 aliphatic rings. The van der Waals surface area contributed by atoms with Crippen LogP contribution in [-0.4, -0.2) is 67.5 Å². The largest absolute Gasteiger partial charge is 0.456 e. The Morgan fingerprint density at radius 3 is 2.00 bits per heavy atom. The van der Waals surface area contributed by atoms with Crippen LogP contribution >= 0.6 is 0 Å². The highest BCUT2D eigenvalue weighted by molar-refractivity contribution is 7.90. The molecule has 0 saturated carbocycles. The molecule has 0 unspecified atom stereocenters. The average molecular weight is 487 g/mol. The van der Waals surface area contributed by atoms with Gasteiger partial charge in [0.1, 0.15) is 21.6 Å². The second kappa shape index (κ2) is 9.96. The van der Waals surface area contributed by atoms with Crippen molar-refractivity contribution in [2.75, 3.05) is 18.6 Å². The van der Waals surface area contributed by atoms with Crippen molar-refractivity contribution in [3.63, 3.8) is 0 Å². The van der Waals surface area contributed by atoms with Gasteiger partial charge in [-0.05, 0) is 42.8 Å². The van der Waals surface area contributed by atoms with Crippen LogP contribution in [0.25, 0.3) is 0 Å². The van der Waals surface area contributed by atoms with Crippen molar-refractivity contribution in [3.05, 3.63) is 65.2 Å². The van der Waals surface area contributed by atoms with Crippen LogP contribution < -0.4 is 4.74 Å². The van der Waals surface area contributed by atoms with E-state index in [-0.39, 0.29) is 28.9 Å². The summed E-state index contributed by atoms with van der Waals surface area (Å²) in [7, 11) is -3.53. The first-order chi connectivity index (χ1) is 16.0. The van der Waals surface area contributed by atoms with Gasteiger partial charge in [-0.2, -0.15) is 0 Å². The van der Waals surface area contributed by atoms with Crippen LogP contribution in [0, 0.1) is 0 Å². The summed E-state index contributed by atoms with van der Waals surface area (Å²) in [5, 5.41) is 0. The first kappa shape index (κ1) is 24.8. The van der Waals surface area contributed by atoms with Gasteiger partial charge in [-0.3, -0.25) is 24.1 Å². The number of carbonyl (C=O) groups excluding carboxylic acids is 5. The molecule has 0 bridgehead atoms. The Morgan fingerprint density at radius 2 is 1.50 bits per heavy atom. The second-order valence-electron chi connectivity index (χ2n) is 7.61. The zero-order valence-electron chi connectivity index (χ0n) is 18.3. The lowest BCUT2D eigenvalue weighted by molar-refractivity contribution is -0.147. The van der Waals surface area contributed by atoms with E-state index in [1.54, 1.807) is 12.1 Å². The maximum atomic E-state index is 12.8. The second-order valence-corrected chi connectivity index (χ2v) is 9.87. The maximum Gasteiger partial charge on any atom is 0.329 e. The van der Waals surface area contributed by atoms with Gasteiger partial charge in [0.05, 0.1) is 16.9 Å². The summed E-state index contributed by atoms with van der Waals surface area (Å²) >= 11 is 0. The van der Waals surface area contributed by atoms with E-state index in [1.807, 2.05) is 0 Å². The topological polar surface area (TPSA) is 141 Å². The molecule has 178 valence electrons. The molecule has 0 radical (unpaired) electrons. The van der Waals surface area contributed by atoms with Crippen LogP contribution in [0.4, 0.5) is 0 Å². The molecule has 1 atom stereocenters. The Labute approximate surface area is 195 Å². The SMILES string of the molecule is CC(=O)Oc1ccc(C(=O)COC(=O)[C@@H](CCS(C)(=O)=O)N2C(=O)c3ccccc3C2=O)cc1. The summed E-state index contributed by atoms with van der Waals surface area (Å²) in [4.78, 5) is 62.5. The van der Waals surface area contributed by atoms with Crippen LogP contribution in [0.5, 0.6) is 5.75 Å². The van der Waals surface area contributed by atoms with E-state index in [2.05, 4.69) is 0 Å². The number of amides is 2. The number of nitrogens with zero attached hydrogens (tertiary/aromatic N) is 1. The first-order valence-electron chi connectivity index (χ1n) is 10.1. The summed E-state index contributed by atoms with van der Waals surface area (Å²) in [6.45, 7) is 0.525. The Morgan fingerprint density at radius 1 is 0.941 bits per heavy atom. The number of imide groups is 1. The Kier molecular flexibility index (Phi) is 7.26. The number of ketones is 1. The Balaban J connectivity index is 1.75. The molecule has 0 spiro atoms. The maximum absolute atomic E-state index is 12.8. The zero-order valence-corrected chi connectivity index (χ0v) is 19.2. The molecule has 2 aromatic rings. The van der Waals surface area contributed by atoms with Gasteiger partial charge in [-0.1, -0.05) is 12.1 Å². The quantitative estimate of drug-likeness (QED) is 0.222. The van der Waals surface area contributed by atoms with Crippen molar-refractivity contribution < 1.29 is 41.9 Å². The molecule has 2 amide bonds. The monoisotopic (exact) mass is 487 g/mol. The van der Waals surface area contributed by atoms with Crippen molar-refractivity contribution in [1.29, 1.82) is 0 Å². The highest BCUT2D eigenvalue weighted by atomic mass is 32.2. The third-order valence-electron chi connectivity index (χ3n) is 4.95. The van der Waals surface area contributed by atoms with Crippen LogP contribution in [-0.2, 0) is 24.2 Å². The van der Waals surface area contributed by atoms with E-state index in [4.69, 9.17) is 9.47 Å². The summed E-state index contributed by atoms with van der Waals surface area (Å²) < 4.78 is 33.3. The third-order valence-corrected chi connectivity index (χ3v) is 5.93. The van der Waals surface area contributed by atoms with Crippen molar-refractivity contribution in [3.8, 4) is 5.75 Å². The molecular formula is C23H21NO9S. The highest BCUT2D eigenvalue weighted by Crippen LogP contribution is 2.26. The summed E-state index contributed by atoms with van der Waals surface area (Å²) in [5.41, 5.74) is 0.347. The van der Waals surface area contributed by atoms with Crippen LogP contribution in [0.2, 0.25) is 0 Å². The number of fused-ring (bicyclic) bond motifs is 1. The molecule has 0 aliphatic carbocycles. The lowest BCUT2D eigenvalue weighted by Crippen LogP contribution is -2.46. The van der Waals surface area contributed by atoms with Gasteiger partial charge in [-0.25, -0.2) is 13.2 Å². The number of sulfone groups is 1. The molecule has 1 heterocycles. The molecule has 2 aromatic carbocycles. The molecule has 10 nitrogen and oxygen atoms in total. The van der Waals surface area contributed by atoms with Crippen molar-refractivity contribution >= 4 is 39.4 Å². The minimum absolute atomic E-state index is 0.0913. The minimum atomic E-state index is -3.53. The van der Waals surface area contributed by atoms with E-state index in [1.165, 1.54) is 43.3 Å². The summed E-state index contributed by atoms with van der Waals surface area (Å²) in [6, 6.07) is 9.98. The number of esters is 2. The van der Waals surface area contributed by atoms with Crippen LogP contribution in [0.3, 0.4) is 0 Å². The summed E-state index contributed by atoms with van der Waals surface area (Å²) in [6.07, 6.45) is 0.579. The number of hydrogen-bond acceptors (Lipinski definition) is 9.